The van der Waals surface area contributed by atoms with Gasteiger partial charge >= 0.3 is 0 Å². The molecule has 4 nitrogen and oxygen atoms in total. The van der Waals surface area contributed by atoms with Crippen LogP contribution in [0, 0.1) is 0 Å². The number of carbonyl (C=O) groups is 1. The van der Waals surface area contributed by atoms with Crippen LogP contribution in [0.5, 0.6) is 0 Å². The van der Waals surface area contributed by atoms with Gasteiger partial charge in [0, 0.05) is 29.1 Å². The van der Waals surface area contributed by atoms with Crippen LogP contribution in [0.4, 0.5) is 0 Å². The molecule has 1 atom stereocenters. The molecule has 0 bridgehead atoms. The predicted octanol–water partition coefficient (Wildman–Crippen LogP) is 6.18. The molecule has 0 unspecified atom stereocenters. The summed E-state index contributed by atoms with van der Waals surface area (Å²) < 4.78 is 7.88. The SMILES string of the molecule is Cn1c(-c2ccccc2)c([C@H]2c3ccccc3C(=O)N2Cc2ccco2)c2ccccc21. The minimum atomic E-state index is -0.204. The molecule has 32 heavy (non-hydrogen) atoms. The average molecular weight is 418 g/mol. The molecule has 0 saturated carbocycles. The van der Waals surface area contributed by atoms with Crippen molar-refractivity contribution in [3.63, 3.8) is 0 Å². The second kappa shape index (κ2) is 7.27. The Balaban J connectivity index is 1.65. The zero-order chi connectivity index (χ0) is 21.7. The van der Waals surface area contributed by atoms with Crippen molar-refractivity contribution in [1.82, 2.24) is 9.47 Å². The van der Waals surface area contributed by atoms with Gasteiger partial charge in [0.25, 0.3) is 5.91 Å². The van der Waals surface area contributed by atoms with E-state index in [1.165, 1.54) is 0 Å². The Labute approximate surface area is 186 Å². The molecular formula is C28H22N2O2. The highest BCUT2D eigenvalue weighted by molar-refractivity contribution is 6.02. The zero-order valence-electron chi connectivity index (χ0n) is 17.7. The first-order chi connectivity index (χ1) is 15.7. The van der Waals surface area contributed by atoms with Crippen molar-refractivity contribution in [3.8, 4) is 11.3 Å². The van der Waals surface area contributed by atoms with Crippen LogP contribution in [0.3, 0.4) is 0 Å². The van der Waals surface area contributed by atoms with Crippen molar-refractivity contribution in [2.75, 3.05) is 0 Å². The van der Waals surface area contributed by atoms with E-state index < -0.39 is 0 Å². The molecule has 0 aliphatic carbocycles. The maximum atomic E-state index is 13.6. The standard InChI is InChI=1S/C28H22N2O2/c1-29-24-16-8-7-15-23(24)25(26(29)19-10-3-2-4-11-19)27-21-13-5-6-14-22(21)28(31)30(27)18-20-12-9-17-32-20/h2-17,27H,18H2,1H3/t27-/m1/s1. The van der Waals surface area contributed by atoms with Crippen molar-refractivity contribution in [2.45, 2.75) is 12.6 Å². The average Bonchev–Trinajstić information content (AvgIpc) is 3.52. The molecule has 0 fully saturated rings. The number of furan rings is 1. The second-order valence-corrected chi connectivity index (χ2v) is 8.21. The van der Waals surface area contributed by atoms with Crippen molar-refractivity contribution >= 4 is 16.8 Å². The van der Waals surface area contributed by atoms with Crippen LogP contribution in [-0.2, 0) is 13.6 Å². The normalized spacial score (nSPS) is 15.5. The number of carbonyl (C=O) groups excluding carboxylic acids is 1. The second-order valence-electron chi connectivity index (χ2n) is 8.21. The van der Waals surface area contributed by atoms with Crippen molar-refractivity contribution < 1.29 is 9.21 Å². The quantitative estimate of drug-likeness (QED) is 0.349. The van der Waals surface area contributed by atoms with Gasteiger partial charge in [-0.3, -0.25) is 4.79 Å². The van der Waals surface area contributed by atoms with E-state index in [1.54, 1.807) is 6.26 Å². The number of hydrogen-bond acceptors (Lipinski definition) is 2. The van der Waals surface area contributed by atoms with Gasteiger partial charge in [-0.2, -0.15) is 0 Å². The van der Waals surface area contributed by atoms with Crippen LogP contribution < -0.4 is 0 Å². The van der Waals surface area contributed by atoms with Gasteiger partial charge in [-0.15, -0.1) is 0 Å². The Morgan fingerprint density at radius 2 is 1.59 bits per heavy atom. The summed E-state index contributed by atoms with van der Waals surface area (Å²) in [6, 6.07) is 30.4. The number of para-hydroxylation sites is 1. The van der Waals surface area contributed by atoms with Gasteiger partial charge in [-0.1, -0.05) is 66.7 Å². The summed E-state index contributed by atoms with van der Waals surface area (Å²) in [7, 11) is 2.10. The Hall–Kier alpha value is -4.05. The Morgan fingerprint density at radius 1 is 0.844 bits per heavy atom. The summed E-state index contributed by atoms with van der Waals surface area (Å²) in [5.74, 6) is 0.812. The number of nitrogens with zero attached hydrogens (tertiary/aromatic N) is 2. The first kappa shape index (κ1) is 18.7. The van der Waals surface area contributed by atoms with E-state index in [1.807, 2.05) is 41.3 Å². The Kier molecular flexibility index (Phi) is 4.25. The summed E-state index contributed by atoms with van der Waals surface area (Å²) >= 11 is 0. The van der Waals surface area contributed by atoms with Crippen LogP contribution in [0.15, 0.2) is 102 Å². The van der Waals surface area contributed by atoms with Gasteiger partial charge in [0.05, 0.1) is 24.5 Å². The van der Waals surface area contributed by atoms with Crippen molar-refractivity contribution in [1.29, 1.82) is 0 Å². The summed E-state index contributed by atoms with van der Waals surface area (Å²) in [5.41, 5.74) is 6.37. The number of benzene rings is 3. The van der Waals surface area contributed by atoms with Crippen LogP contribution >= 0.6 is 0 Å². The third-order valence-corrected chi connectivity index (χ3v) is 6.43. The molecule has 0 saturated heterocycles. The van der Waals surface area contributed by atoms with Crippen LogP contribution in [0.25, 0.3) is 22.2 Å². The molecule has 5 aromatic rings. The molecule has 1 amide bonds. The highest BCUT2D eigenvalue weighted by Gasteiger charge is 2.40. The third kappa shape index (κ3) is 2.73. The van der Waals surface area contributed by atoms with E-state index in [0.29, 0.717) is 6.54 Å². The summed E-state index contributed by atoms with van der Waals surface area (Å²) in [5, 5.41) is 1.16. The fraction of sp³-hybridized carbons (Fsp3) is 0.107. The Morgan fingerprint density at radius 3 is 2.41 bits per heavy atom. The number of rotatable bonds is 4. The van der Waals surface area contributed by atoms with E-state index >= 15 is 0 Å². The van der Waals surface area contributed by atoms with Gasteiger partial charge in [-0.05, 0) is 35.4 Å². The van der Waals surface area contributed by atoms with Crippen molar-refractivity contribution in [3.05, 3.63) is 120 Å². The van der Waals surface area contributed by atoms with Gasteiger partial charge < -0.3 is 13.9 Å². The molecule has 1 aliphatic rings. The van der Waals surface area contributed by atoms with Crippen LogP contribution in [0.2, 0.25) is 0 Å². The fourth-order valence-corrected chi connectivity index (χ4v) is 5.06. The van der Waals surface area contributed by atoms with Gasteiger partial charge in [-0.25, -0.2) is 0 Å². The highest BCUT2D eigenvalue weighted by Crippen LogP contribution is 2.46. The first-order valence-electron chi connectivity index (χ1n) is 10.8. The first-order valence-corrected chi connectivity index (χ1v) is 10.8. The van der Waals surface area contributed by atoms with E-state index in [4.69, 9.17) is 4.42 Å². The van der Waals surface area contributed by atoms with Gasteiger partial charge in [0.2, 0.25) is 0 Å². The lowest BCUT2D eigenvalue weighted by atomic mass is 9.93. The molecule has 2 aromatic heterocycles. The largest absolute Gasteiger partial charge is 0.467 e. The minimum Gasteiger partial charge on any atom is -0.467 e. The summed E-state index contributed by atoms with van der Waals surface area (Å²) in [6.07, 6.45) is 1.66. The van der Waals surface area contributed by atoms with Gasteiger partial charge in [0.15, 0.2) is 0 Å². The van der Waals surface area contributed by atoms with Crippen molar-refractivity contribution in [2.24, 2.45) is 7.05 Å². The highest BCUT2D eigenvalue weighted by atomic mass is 16.3. The molecule has 4 heteroatoms. The smallest absolute Gasteiger partial charge is 0.255 e. The number of aryl methyl sites for hydroxylation is 1. The number of aromatic nitrogens is 1. The zero-order valence-corrected chi connectivity index (χ0v) is 17.7. The van der Waals surface area contributed by atoms with E-state index in [0.717, 1.165) is 44.6 Å². The summed E-state index contributed by atoms with van der Waals surface area (Å²) in [4.78, 5) is 15.5. The molecule has 3 heterocycles. The van der Waals surface area contributed by atoms with Gasteiger partial charge in [0.1, 0.15) is 5.76 Å². The predicted molar refractivity (Wildman–Crippen MR) is 125 cm³/mol. The number of fused-ring (bicyclic) bond motifs is 2. The van der Waals surface area contributed by atoms with E-state index in [9.17, 15) is 4.79 Å². The number of hydrogen-bond donors (Lipinski definition) is 0. The molecule has 1 aliphatic heterocycles. The molecule has 156 valence electrons. The summed E-state index contributed by atoms with van der Waals surface area (Å²) in [6.45, 7) is 0.419. The lowest BCUT2D eigenvalue weighted by molar-refractivity contribution is 0.0724. The van der Waals surface area contributed by atoms with E-state index in [2.05, 4.69) is 66.2 Å². The van der Waals surface area contributed by atoms with Crippen LogP contribution in [0.1, 0.15) is 33.3 Å². The molecule has 0 radical (unpaired) electrons. The minimum absolute atomic E-state index is 0.0361. The third-order valence-electron chi connectivity index (χ3n) is 6.43. The monoisotopic (exact) mass is 418 g/mol. The topological polar surface area (TPSA) is 38.4 Å². The molecule has 3 aromatic carbocycles. The maximum absolute atomic E-state index is 13.6. The number of amides is 1. The Bertz CT molecular complexity index is 1430. The van der Waals surface area contributed by atoms with Crippen LogP contribution in [-0.4, -0.2) is 15.4 Å². The van der Waals surface area contributed by atoms with E-state index in [-0.39, 0.29) is 11.9 Å². The molecule has 6 rings (SSSR count). The molecular weight excluding hydrogens is 396 g/mol. The molecule has 0 N–H and O–H groups in total. The maximum Gasteiger partial charge on any atom is 0.255 e. The lowest BCUT2D eigenvalue weighted by Gasteiger charge is -2.26. The lowest BCUT2D eigenvalue weighted by Crippen LogP contribution is -2.28. The fourth-order valence-electron chi connectivity index (χ4n) is 5.06. The molecule has 0 spiro atoms.